The van der Waals surface area contributed by atoms with Gasteiger partial charge in [-0.3, -0.25) is 10.0 Å². The molecule has 0 aliphatic carbocycles. The zero-order valence-electron chi connectivity index (χ0n) is 6.51. The van der Waals surface area contributed by atoms with Gasteiger partial charge in [-0.25, -0.2) is 0 Å². The highest BCUT2D eigenvalue weighted by molar-refractivity contribution is 5.37. The lowest BCUT2D eigenvalue weighted by molar-refractivity contribution is 0.176. The van der Waals surface area contributed by atoms with Gasteiger partial charge in [0.2, 0.25) is 0 Å². The first-order valence-electron chi connectivity index (χ1n) is 3.95. The van der Waals surface area contributed by atoms with Crippen molar-refractivity contribution in [3.63, 3.8) is 0 Å². The fourth-order valence-electron chi connectivity index (χ4n) is 1.64. The lowest BCUT2D eigenvalue weighted by Gasteiger charge is -2.22. The van der Waals surface area contributed by atoms with Crippen molar-refractivity contribution in [1.82, 2.24) is 10.0 Å². The number of fused-ring (bicyclic) bond motifs is 3. The van der Waals surface area contributed by atoms with Crippen LogP contribution in [0.1, 0.15) is 0 Å². The molecule has 0 amide bonds. The Hall–Kier alpha value is -1.58. The van der Waals surface area contributed by atoms with Crippen molar-refractivity contribution < 1.29 is 0 Å². The summed E-state index contributed by atoms with van der Waals surface area (Å²) in [6, 6.07) is 0. The van der Waals surface area contributed by atoms with Gasteiger partial charge in [0.25, 0.3) is 0 Å². The van der Waals surface area contributed by atoms with Gasteiger partial charge in [0.15, 0.2) is 0 Å². The highest BCUT2D eigenvalue weighted by Gasteiger charge is 2.28. The summed E-state index contributed by atoms with van der Waals surface area (Å²) in [5.74, 6) is 0. The Balaban J connectivity index is 2.06. The van der Waals surface area contributed by atoms with E-state index >= 15 is 0 Å². The van der Waals surface area contributed by atoms with E-state index in [0.717, 1.165) is 6.54 Å². The maximum absolute atomic E-state index is 3.95. The molecule has 0 bridgehead atoms. The van der Waals surface area contributed by atoms with E-state index in [1.165, 1.54) is 11.3 Å². The minimum atomic E-state index is 0.715. The predicted molar refractivity (Wildman–Crippen MR) is 43.6 cm³/mol. The third-order valence-electron chi connectivity index (χ3n) is 2.21. The Morgan fingerprint density at radius 1 is 1.42 bits per heavy atom. The monoisotopic (exact) mass is 160 g/mol. The Bertz CT molecular complexity index is 337. The van der Waals surface area contributed by atoms with E-state index in [2.05, 4.69) is 38.7 Å². The Morgan fingerprint density at radius 3 is 3.42 bits per heavy atom. The lowest BCUT2D eigenvalue weighted by atomic mass is 10.2. The Morgan fingerprint density at radius 2 is 2.42 bits per heavy atom. The Labute approximate surface area is 70.1 Å². The fourth-order valence-corrected chi connectivity index (χ4v) is 1.64. The number of azo groups is 1. The molecule has 4 heteroatoms. The van der Waals surface area contributed by atoms with Gasteiger partial charge in [0.05, 0.1) is 25.0 Å². The summed E-state index contributed by atoms with van der Waals surface area (Å²) in [5.41, 5.74) is 2.45. The van der Waals surface area contributed by atoms with Gasteiger partial charge in [0, 0.05) is 18.0 Å². The standard InChI is InChI=1S/C8H8N4/c1-2-11-6-7-4-9-10-5-8(7)12(11)3-1/h1-2,5-6H,3-4H2. The summed E-state index contributed by atoms with van der Waals surface area (Å²) in [6.45, 7) is 1.66. The average molecular weight is 160 g/mol. The van der Waals surface area contributed by atoms with E-state index in [1.54, 1.807) is 0 Å². The molecule has 0 unspecified atom stereocenters. The zero-order chi connectivity index (χ0) is 7.97. The highest BCUT2D eigenvalue weighted by atomic mass is 15.6. The summed E-state index contributed by atoms with van der Waals surface area (Å²) >= 11 is 0. The van der Waals surface area contributed by atoms with Crippen molar-refractivity contribution in [2.75, 3.05) is 13.1 Å². The third-order valence-corrected chi connectivity index (χ3v) is 2.21. The van der Waals surface area contributed by atoms with Crippen LogP contribution in [0.3, 0.4) is 0 Å². The maximum Gasteiger partial charge on any atom is 0.0889 e. The van der Waals surface area contributed by atoms with Gasteiger partial charge in [0.1, 0.15) is 0 Å². The number of hydrogen-bond donors (Lipinski definition) is 0. The number of rotatable bonds is 0. The molecule has 0 saturated carbocycles. The van der Waals surface area contributed by atoms with Crippen molar-refractivity contribution in [2.45, 2.75) is 0 Å². The van der Waals surface area contributed by atoms with Gasteiger partial charge in [-0.05, 0) is 6.08 Å². The van der Waals surface area contributed by atoms with Gasteiger partial charge in [-0.2, -0.15) is 10.2 Å². The fraction of sp³-hybridized carbons (Fsp3) is 0.250. The molecule has 0 spiro atoms. The highest BCUT2D eigenvalue weighted by Crippen LogP contribution is 2.31. The molecule has 12 heavy (non-hydrogen) atoms. The zero-order valence-corrected chi connectivity index (χ0v) is 6.51. The summed E-state index contributed by atoms with van der Waals surface area (Å²) < 4.78 is 0. The smallest absolute Gasteiger partial charge is 0.0889 e. The van der Waals surface area contributed by atoms with Crippen LogP contribution in [-0.4, -0.2) is 23.1 Å². The van der Waals surface area contributed by atoms with Gasteiger partial charge < -0.3 is 0 Å². The van der Waals surface area contributed by atoms with Crippen LogP contribution in [0.2, 0.25) is 0 Å². The van der Waals surface area contributed by atoms with Crippen molar-refractivity contribution in [3.05, 3.63) is 35.9 Å². The topological polar surface area (TPSA) is 31.2 Å². The van der Waals surface area contributed by atoms with Crippen molar-refractivity contribution in [1.29, 1.82) is 0 Å². The molecule has 60 valence electrons. The normalized spacial score (nSPS) is 24.0. The average Bonchev–Trinajstić information content (AvgIpc) is 2.62. The van der Waals surface area contributed by atoms with Gasteiger partial charge >= 0.3 is 0 Å². The van der Waals surface area contributed by atoms with Crippen LogP contribution in [0.4, 0.5) is 0 Å². The van der Waals surface area contributed by atoms with Crippen LogP contribution in [0, 0.1) is 0 Å². The van der Waals surface area contributed by atoms with Gasteiger partial charge in [-0.1, -0.05) is 0 Å². The molecule has 4 nitrogen and oxygen atoms in total. The molecule has 3 rings (SSSR count). The van der Waals surface area contributed by atoms with E-state index in [9.17, 15) is 0 Å². The van der Waals surface area contributed by atoms with E-state index in [1.807, 2.05) is 6.20 Å². The van der Waals surface area contributed by atoms with Crippen LogP contribution in [0.25, 0.3) is 0 Å². The van der Waals surface area contributed by atoms with Crippen LogP contribution in [0.15, 0.2) is 46.2 Å². The largest absolute Gasteiger partial charge is 0.276 e. The van der Waals surface area contributed by atoms with E-state index < -0.39 is 0 Å². The van der Waals surface area contributed by atoms with Gasteiger partial charge in [-0.15, -0.1) is 0 Å². The third kappa shape index (κ3) is 0.617. The summed E-state index contributed by atoms with van der Waals surface area (Å²) in [4.78, 5) is 0. The molecule has 0 aromatic rings. The second kappa shape index (κ2) is 1.97. The first-order valence-corrected chi connectivity index (χ1v) is 3.95. The summed E-state index contributed by atoms with van der Waals surface area (Å²) in [5, 5.41) is 12.1. The molecule has 0 N–H and O–H groups in total. The second-order valence-electron chi connectivity index (χ2n) is 2.93. The van der Waals surface area contributed by atoms with Crippen LogP contribution in [0.5, 0.6) is 0 Å². The number of nitrogens with zero attached hydrogens (tertiary/aromatic N) is 4. The van der Waals surface area contributed by atoms with E-state index in [4.69, 9.17) is 0 Å². The summed E-state index contributed by atoms with van der Waals surface area (Å²) in [6.07, 6.45) is 8.11. The minimum absolute atomic E-state index is 0.715. The predicted octanol–water partition coefficient (Wildman–Crippen LogP) is 1.24. The molecule has 3 aliphatic heterocycles. The molecule has 0 aromatic carbocycles. The van der Waals surface area contributed by atoms with Crippen molar-refractivity contribution in [2.24, 2.45) is 10.2 Å². The number of hydrazine groups is 1. The molecule has 0 fully saturated rings. The first-order chi connectivity index (χ1) is 5.95. The van der Waals surface area contributed by atoms with Crippen molar-refractivity contribution >= 4 is 0 Å². The van der Waals surface area contributed by atoms with Crippen LogP contribution in [-0.2, 0) is 0 Å². The molecule has 0 atom stereocenters. The number of hydrogen-bond acceptors (Lipinski definition) is 4. The maximum atomic E-state index is 3.95. The first kappa shape index (κ1) is 5.99. The summed E-state index contributed by atoms with van der Waals surface area (Å²) in [7, 11) is 0. The van der Waals surface area contributed by atoms with Crippen molar-refractivity contribution in [3.8, 4) is 0 Å². The van der Waals surface area contributed by atoms with Crippen LogP contribution < -0.4 is 0 Å². The molecule has 0 radical (unpaired) electrons. The quantitative estimate of drug-likeness (QED) is 0.533. The SMILES string of the molecule is C1=CN2C=C3CN=NC=C3N2C1. The Kier molecular flexibility index (Phi) is 0.983. The molecule has 3 heterocycles. The molecule has 0 aromatic heterocycles. The van der Waals surface area contributed by atoms with Crippen LogP contribution >= 0.6 is 0 Å². The second-order valence-corrected chi connectivity index (χ2v) is 2.93. The lowest BCUT2D eigenvalue weighted by Crippen LogP contribution is -2.25. The molecule has 0 saturated heterocycles. The van der Waals surface area contributed by atoms with E-state index in [0.29, 0.717) is 6.54 Å². The van der Waals surface area contributed by atoms with E-state index in [-0.39, 0.29) is 0 Å². The minimum Gasteiger partial charge on any atom is -0.276 e. The molecule has 3 aliphatic rings. The molecular weight excluding hydrogens is 152 g/mol. The molecular formula is C8H8N4.